The molecule has 1 saturated heterocycles. The van der Waals surface area contributed by atoms with Gasteiger partial charge in [0.25, 0.3) is 5.91 Å². The standard InChI is InChI=1S/C17H19N7OS/c1-12-18-14(11-26-12)15(25)19-16-20-17(22-21-16)24-9-7-23(8-10-24)13-5-3-2-4-6-13/h2-6,11H,7-10H2,1H3,(H2,19,20,21,22,25). The minimum Gasteiger partial charge on any atom is -0.368 e. The average Bonchev–Trinajstić information content (AvgIpc) is 3.32. The van der Waals surface area contributed by atoms with E-state index < -0.39 is 0 Å². The third-order valence-electron chi connectivity index (χ3n) is 4.24. The van der Waals surface area contributed by atoms with Crippen molar-refractivity contribution >= 4 is 34.8 Å². The zero-order valence-corrected chi connectivity index (χ0v) is 15.2. The number of benzene rings is 1. The lowest BCUT2D eigenvalue weighted by molar-refractivity contribution is 0.102. The molecule has 1 aliphatic rings. The van der Waals surface area contributed by atoms with Crippen LogP contribution in [0.3, 0.4) is 0 Å². The maximum Gasteiger partial charge on any atom is 0.277 e. The Hall–Kier alpha value is -2.94. The van der Waals surface area contributed by atoms with Gasteiger partial charge in [0, 0.05) is 37.2 Å². The minimum absolute atomic E-state index is 0.286. The minimum atomic E-state index is -0.286. The second-order valence-corrected chi connectivity index (χ2v) is 7.06. The summed E-state index contributed by atoms with van der Waals surface area (Å²) in [6, 6.07) is 10.4. The van der Waals surface area contributed by atoms with Crippen LogP contribution in [0.4, 0.5) is 17.6 Å². The molecule has 3 aromatic rings. The summed E-state index contributed by atoms with van der Waals surface area (Å²) in [7, 11) is 0. The number of carbonyl (C=O) groups is 1. The van der Waals surface area contributed by atoms with Crippen LogP contribution in [0.2, 0.25) is 0 Å². The summed E-state index contributed by atoms with van der Waals surface area (Å²) in [6.07, 6.45) is 0. The van der Waals surface area contributed by atoms with Gasteiger partial charge in [-0.1, -0.05) is 18.2 Å². The Morgan fingerprint density at radius 3 is 2.54 bits per heavy atom. The SMILES string of the molecule is Cc1nc(C(=O)Nc2nc(N3CCN(c4ccccc4)CC3)n[nH]2)cs1. The fourth-order valence-corrected chi connectivity index (χ4v) is 3.49. The quantitative estimate of drug-likeness (QED) is 0.732. The number of carbonyl (C=O) groups excluding carboxylic acids is 1. The Kier molecular flexibility index (Phi) is 4.53. The van der Waals surface area contributed by atoms with Crippen LogP contribution in [-0.4, -0.2) is 52.3 Å². The molecule has 9 heteroatoms. The van der Waals surface area contributed by atoms with E-state index in [0.29, 0.717) is 17.6 Å². The highest BCUT2D eigenvalue weighted by molar-refractivity contribution is 7.09. The van der Waals surface area contributed by atoms with E-state index in [1.807, 2.05) is 13.0 Å². The zero-order valence-electron chi connectivity index (χ0n) is 14.3. The third-order valence-corrected chi connectivity index (χ3v) is 5.01. The van der Waals surface area contributed by atoms with Gasteiger partial charge < -0.3 is 9.80 Å². The van der Waals surface area contributed by atoms with Crippen molar-refractivity contribution in [2.75, 3.05) is 41.3 Å². The van der Waals surface area contributed by atoms with Gasteiger partial charge in [0.05, 0.1) is 5.01 Å². The van der Waals surface area contributed by atoms with Crippen molar-refractivity contribution < 1.29 is 4.79 Å². The number of rotatable bonds is 4. The van der Waals surface area contributed by atoms with Crippen LogP contribution < -0.4 is 15.1 Å². The largest absolute Gasteiger partial charge is 0.368 e. The Bertz CT molecular complexity index is 883. The highest BCUT2D eigenvalue weighted by atomic mass is 32.1. The number of aromatic nitrogens is 4. The van der Waals surface area contributed by atoms with E-state index in [0.717, 1.165) is 31.2 Å². The molecule has 0 spiro atoms. The number of piperazine rings is 1. The van der Waals surface area contributed by atoms with Gasteiger partial charge in [0.1, 0.15) is 5.69 Å². The molecule has 0 radical (unpaired) electrons. The molecule has 4 rings (SSSR count). The molecule has 8 nitrogen and oxygen atoms in total. The first kappa shape index (κ1) is 16.5. The van der Waals surface area contributed by atoms with E-state index in [-0.39, 0.29) is 5.91 Å². The Balaban J connectivity index is 1.36. The normalized spacial score (nSPS) is 14.5. The molecule has 0 aliphatic carbocycles. The van der Waals surface area contributed by atoms with Crippen LogP contribution in [0.15, 0.2) is 35.7 Å². The third kappa shape index (κ3) is 3.52. The van der Waals surface area contributed by atoms with Gasteiger partial charge in [0.2, 0.25) is 11.9 Å². The molecule has 1 amide bonds. The van der Waals surface area contributed by atoms with Crippen LogP contribution in [0.1, 0.15) is 15.5 Å². The van der Waals surface area contributed by atoms with Crippen molar-refractivity contribution in [3.05, 3.63) is 46.4 Å². The molecule has 0 saturated carbocycles. The van der Waals surface area contributed by atoms with Gasteiger partial charge in [-0.05, 0) is 19.1 Å². The van der Waals surface area contributed by atoms with E-state index in [1.165, 1.54) is 17.0 Å². The summed E-state index contributed by atoms with van der Waals surface area (Å²) in [6.45, 7) is 5.32. The Labute approximate surface area is 154 Å². The number of H-pyrrole nitrogens is 1. The first-order valence-electron chi connectivity index (χ1n) is 8.40. The number of para-hydroxylation sites is 1. The van der Waals surface area contributed by atoms with Gasteiger partial charge in [-0.25, -0.2) is 10.1 Å². The van der Waals surface area contributed by atoms with Crippen LogP contribution >= 0.6 is 11.3 Å². The maximum atomic E-state index is 12.1. The highest BCUT2D eigenvalue weighted by Gasteiger charge is 2.21. The first-order valence-corrected chi connectivity index (χ1v) is 9.28. The second kappa shape index (κ2) is 7.12. The molecule has 0 bridgehead atoms. The molecule has 1 aliphatic heterocycles. The molecule has 2 aromatic heterocycles. The lowest BCUT2D eigenvalue weighted by atomic mass is 10.2. The number of aryl methyl sites for hydroxylation is 1. The lowest BCUT2D eigenvalue weighted by Gasteiger charge is -2.35. The van der Waals surface area contributed by atoms with Gasteiger partial charge in [-0.3, -0.25) is 10.1 Å². The molecule has 0 atom stereocenters. The highest BCUT2D eigenvalue weighted by Crippen LogP contribution is 2.18. The maximum absolute atomic E-state index is 12.1. The molecule has 1 fully saturated rings. The molecular weight excluding hydrogens is 350 g/mol. The topological polar surface area (TPSA) is 90.0 Å². The fraction of sp³-hybridized carbons (Fsp3) is 0.294. The molecule has 1 aromatic carbocycles. The molecular formula is C17H19N7OS. The number of nitrogens with one attached hydrogen (secondary N) is 2. The number of nitrogens with zero attached hydrogens (tertiary/aromatic N) is 5. The van der Waals surface area contributed by atoms with Gasteiger partial charge in [-0.2, -0.15) is 4.98 Å². The van der Waals surface area contributed by atoms with E-state index >= 15 is 0 Å². The number of thiazole rings is 1. The van der Waals surface area contributed by atoms with Crippen molar-refractivity contribution in [3.8, 4) is 0 Å². The lowest BCUT2D eigenvalue weighted by Crippen LogP contribution is -2.47. The smallest absolute Gasteiger partial charge is 0.277 e. The van der Waals surface area contributed by atoms with Crippen LogP contribution in [0, 0.1) is 6.92 Å². The number of anilines is 3. The predicted molar refractivity (Wildman–Crippen MR) is 102 cm³/mol. The Morgan fingerprint density at radius 2 is 1.85 bits per heavy atom. The van der Waals surface area contributed by atoms with Crippen molar-refractivity contribution in [3.63, 3.8) is 0 Å². The molecule has 26 heavy (non-hydrogen) atoms. The second-order valence-electron chi connectivity index (χ2n) is 6.00. The number of hydrogen-bond acceptors (Lipinski definition) is 7. The Morgan fingerprint density at radius 1 is 1.12 bits per heavy atom. The van der Waals surface area contributed by atoms with E-state index in [9.17, 15) is 4.79 Å². The van der Waals surface area contributed by atoms with E-state index in [1.54, 1.807) is 5.38 Å². The van der Waals surface area contributed by atoms with E-state index in [4.69, 9.17) is 0 Å². The summed E-state index contributed by atoms with van der Waals surface area (Å²) in [5, 5.41) is 12.3. The summed E-state index contributed by atoms with van der Waals surface area (Å²) >= 11 is 1.44. The average molecular weight is 369 g/mol. The molecule has 3 heterocycles. The number of amides is 1. The van der Waals surface area contributed by atoms with Crippen molar-refractivity contribution in [1.82, 2.24) is 20.2 Å². The molecule has 2 N–H and O–H groups in total. The number of aromatic amines is 1. The summed E-state index contributed by atoms with van der Waals surface area (Å²) in [5.74, 6) is 0.648. The molecule has 0 unspecified atom stereocenters. The van der Waals surface area contributed by atoms with Crippen LogP contribution in [0.25, 0.3) is 0 Å². The van der Waals surface area contributed by atoms with Crippen molar-refractivity contribution in [2.45, 2.75) is 6.92 Å². The summed E-state index contributed by atoms with van der Waals surface area (Å²) in [4.78, 5) is 25.1. The first-order chi connectivity index (χ1) is 12.7. The zero-order chi connectivity index (χ0) is 17.9. The van der Waals surface area contributed by atoms with E-state index in [2.05, 4.69) is 59.5 Å². The van der Waals surface area contributed by atoms with Crippen LogP contribution in [0.5, 0.6) is 0 Å². The fourth-order valence-electron chi connectivity index (χ4n) is 2.89. The van der Waals surface area contributed by atoms with Gasteiger partial charge in [-0.15, -0.1) is 16.4 Å². The number of hydrogen-bond donors (Lipinski definition) is 2. The summed E-state index contributed by atoms with van der Waals surface area (Å²) < 4.78 is 0. The van der Waals surface area contributed by atoms with Gasteiger partial charge >= 0.3 is 0 Å². The molecule has 134 valence electrons. The van der Waals surface area contributed by atoms with Crippen molar-refractivity contribution in [2.24, 2.45) is 0 Å². The van der Waals surface area contributed by atoms with Crippen LogP contribution in [-0.2, 0) is 0 Å². The van der Waals surface area contributed by atoms with Gasteiger partial charge in [0.15, 0.2) is 0 Å². The predicted octanol–water partition coefficient (Wildman–Crippen LogP) is 2.15. The monoisotopic (exact) mass is 369 g/mol. The van der Waals surface area contributed by atoms with Crippen molar-refractivity contribution in [1.29, 1.82) is 0 Å². The summed E-state index contributed by atoms with van der Waals surface area (Å²) in [5.41, 5.74) is 1.62.